The highest BCUT2D eigenvalue weighted by atomic mass is 16.5. The maximum Gasteiger partial charge on any atom is 0.258 e. The zero-order chi connectivity index (χ0) is 21.5. The molecule has 1 aromatic carbocycles. The van der Waals surface area contributed by atoms with Gasteiger partial charge in [0.2, 0.25) is 0 Å². The average molecular weight is 419 g/mol. The molecule has 2 aromatic heterocycles. The number of hydrogen-bond acceptors (Lipinski definition) is 6. The van der Waals surface area contributed by atoms with Gasteiger partial charge in [-0.2, -0.15) is 5.10 Å². The second-order valence-electron chi connectivity index (χ2n) is 7.13. The van der Waals surface area contributed by atoms with Gasteiger partial charge < -0.3 is 20.4 Å². The van der Waals surface area contributed by atoms with E-state index in [2.05, 4.69) is 35.8 Å². The largest absolute Gasteiger partial charge is 0.391 e. The molecule has 0 aliphatic carbocycles. The van der Waals surface area contributed by atoms with Crippen LogP contribution in [-0.4, -0.2) is 58.6 Å². The number of amides is 1. The number of benzene rings is 1. The molecule has 1 aliphatic heterocycles. The summed E-state index contributed by atoms with van der Waals surface area (Å²) in [7, 11) is 1.71. The fourth-order valence-corrected chi connectivity index (χ4v) is 3.26. The van der Waals surface area contributed by atoms with Gasteiger partial charge in [0.25, 0.3) is 5.91 Å². The highest BCUT2D eigenvalue weighted by molar-refractivity contribution is 6.17. The lowest BCUT2D eigenvalue weighted by molar-refractivity contribution is -0.112. The molecule has 4 rings (SSSR count). The lowest BCUT2D eigenvalue weighted by Gasteiger charge is -2.14. The van der Waals surface area contributed by atoms with Crippen LogP contribution in [0, 0.1) is 0 Å². The van der Waals surface area contributed by atoms with Crippen molar-refractivity contribution in [3.63, 3.8) is 0 Å². The molecule has 0 saturated heterocycles. The fraction of sp³-hybridized carbons (Fsp3) is 0.273. The number of methoxy groups -OCH3 is 1. The Kier molecular flexibility index (Phi) is 6.53. The van der Waals surface area contributed by atoms with Crippen molar-refractivity contribution < 1.29 is 9.53 Å². The Morgan fingerprint density at radius 1 is 1.26 bits per heavy atom. The van der Waals surface area contributed by atoms with E-state index in [1.54, 1.807) is 31.5 Å². The zero-order valence-corrected chi connectivity index (χ0v) is 17.3. The second kappa shape index (κ2) is 9.86. The van der Waals surface area contributed by atoms with Crippen molar-refractivity contribution in [2.24, 2.45) is 4.99 Å². The van der Waals surface area contributed by atoms with Gasteiger partial charge >= 0.3 is 0 Å². The first-order valence-electron chi connectivity index (χ1n) is 10.2. The van der Waals surface area contributed by atoms with Crippen LogP contribution in [-0.2, 0) is 9.53 Å². The first kappa shape index (κ1) is 20.5. The topological polar surface area (TPSA) is 120 Å². The van der Waals surface area contributed by atoms with E-state index < -0.39 is 0 Å². The SMILES string of the molecule is COC1CCN=C/C(C(=O)Nc2cc(-c3nc4ccccc4[nH]3)[nH]n2)=C\C=C\NCC1. The number of anilines is 1. The van der Waals surface area contributed by atoms with Gasteiger partial charge in [0, 0.05) is 32.5 Å². The molecule has 0 spiro atoms. The number of aromatic nitrogens is 4. The van der Waals surface area contributed by atoms with Gasteiger partial charge in [0.1, 0.15) is 5.69 Å². The average Bonchev–Trinajstić information content (AvgIpc) is 3.41. The number of ether oxygens (including phenoxy) is 1. The predicted molar refractivity (Wildman–Crippen MR) is 121 cm³/mol. The number of allylic oxidation sites excluding steroid dienone is 2. The number of imidazole rings is 1. The van der Waals surface area contributed by atoms with E-state index in [1.807, 2.05) is 30.5 Å². The van der Waals surface area contributed by atoms with E-state index in [9.17, 15) is 4.79 Å². The summed E-state index contributed by atoms with van der Waals surface area (Å²) in [6, 6.07) is 9.51. The number of fused-ring (bicyclic) bond motifs is 1. The molecule has 0 radical (unpaired) electrons. The van der Waals surface area contributed by atoms with Crippen LogP contribution in [0.4, 0.5) is 5.82 Å². The summed E-state index contributed by atoms with van der Waals surface area (Å²) in [6.45, 7) is 1.39. The van der Waals surface area contributed by atoms with Crippen LogP contribution in [0.2, 0.25) is 0 Å². The van der Waals surface area contributed by atoms with Crippen molar-refractivity contribution in [3.05, 3.63) is 54.3 Å². The normalized spacial score (nSPS) is 20.2. The summed E-state index contributed by atoms with van der Waals surface area (Å²) in [6.07, 6.45) is 8.74. The van der Waals surface area contributed by atoms with Crippen LogP contribution in [0.5, 0.6) is 0 Å². The van der Waals surface area contributed by atoms with Gasteiger partial charge in [-0.1, -0.05) is 12.1 Å². The Labute approximate surface area is 179 Å². The van der Waals surface area contributed by atoms with E-state index in [0.29, 0.717) is 29.5 Å². The molecule has 1 atom stereocenters. The minimum atomic E-state index is -0.295. The summed E-state index contributed by atoms with van der Waals surface area (Å²) in [4.78, 5) is 24.9. The molecule has 0 saturated carbocycles. The summed E-state index contributed by atoms with van der Waals surface area (Å²) in [5.41, 5.74) is 2.91. The molecule has 0 fully saturated rings. The van der Waals surface area contributed by atoms with Crippen molar-refractivity contribution in [3.8, 4) is 11.5 Å². The number of para-hydroxylation sites is 2. The molecular weight excluding hydrogens is 394 g/mol. The molecule has 9 heteroatoms. The van der Waals surface area contributed by atoms with Gasteiger partial charge in [0.05, 0.1) is 22.7 Å². The van der Waals surface area contributed by atoms with Gasteiger partial charge in [-0.05, 0) is 43.3 Å². The van der Waals surface area contributed by atoms with Crippen molar-refractivity contribution in [1.82, 2.24) is 25.5 Å². The number of rotatable bonds is 4. The molecule has 1 amide bonds. The molecule has 1 unspecified atom stereocenters. The molecule has 31 heavy (non-hydrogen) atoms. The number of H-pyrrole nitrogens is 2. The first-order chi connectivity index (χ1) is 15.2. The number of hydrogen-bond donors (Lipinski definition) is 4. The maximum atomic E-state index is 12.8. The molecular formula is C22H25N7O2. The van der Waals surface area contributed by atoms with E-state index >= 15 is 0 Å². The maximum absolute atomic E-state index is 12.8. The third-order valence-electron chi connectivity index (χ3n) is 4.97. The van der Waals surface area contributed by atoms with Gasteiger partial charge in [-0.25, -0.2) is 4.98 Å². The van der Waals surface area contributed by atoms with E-state index in [-0.39, 0.29) is 12.0 Å². The Hall–Kier alpha value is -3.72. The third-order valence-corrected chi connectivity index (χ3v) is 4.97. The monoisotopic (exact) mass is 419 g/mol. The zero-order valence-electron chi connectivity index (χ0n) is 17.3. The van der Waals surface area contributed by atoms with Crippen molar-refractivity contribution in [1.29, 1.82) is 0 Å². The van der Waals surface area contributed by atoms with Gasteiger partial charge in [0.15, 0.2) is 11.6 Å². The Bertz CT molecular complexity index is 1090. The van der Waals surface area contributed by atoms with Crippen LogP contribution < -0.4 is 10.6 Å². The van der Waals surface area contributed by atoms with Crippen molar-refractivity contribution in [2.45, 2.75) is 18.9 Å². The standard InChI is InChI=1S/C22H25N7O2/c1-31-16-8-11-23-10-4-5-15(14-24-12-9-16)22(30)27-20-13-19(28-29-20)21-25-17-6-2-3-7-18(17)26-21/h2-7,10,13-14,16,23H,8-9,11-12H2,1H3,(H,25,26)(H2,27,28,29,30)/b10-4+,15-5+,24-14?. The van der Waals surface area contributed by atoms with Crippen molar-refractivity contribution in [2.75, 3.05) is 25.5 Å². The minimum absolute atomic E-state index is 0.138. The smallest absolute Gasteiger partial charge is 0.258 e. The van der Waals surface area contributed by atoms with E-state index in [0.717, 1.165) is 30.4 Å². The lowest BCUT2D eigenvalue weighted by Crippen LogP contribution is -2.20. The molecule has 160 valence electrons. The van der Waals surface area contributed by atoms with Crippen LogP contribution in [0.1, 0.15) is 12.8 Å². The van der Waals surface area contributed by atoms with Crippen LogP contribution in [0.25, 0.3) is 22.6 Å². The summed E-state index contributed by atoms with van der Waals surface area (Å²) in [5, 5.41) is 13.1. The predicted octanol–water partition coefficient (Wildman–Crippen LogP) is 2.80. The number of nitrogens with one attached hydrogen (secondary N) is 4. The van der Waals surface area contributed by atoms with Crippen molar-refractivity contribution >= 4 is 29.0 Å². The highest BCUT2D eigenvalue weighted by Crippen LogP contribution is 2.20. The molecule has 3 aromatic rings. The first-order valence-corrected chi connectivity index (χ1v) is 10.2. The number of aromatic amines is 2. The third kappa shape index (κ3) is 5.26. The Morgan fingerprint density at radius 3 is 3.03 bits per heavy atom. The number of carbonyl (C=O) groups excluding carboxylic acids is 1. The van der Waals surface area contributed by atoms with Crippen LogP contribution in [0.3, 0.4) is 0 Å². The lowest BCUT2D eigenvalue weighted by atomic mass is 10.2. The van der Waals surface area contributed by atoms with Gasteiger partial charge in [-0.15, -0.1) is 0 Å². The Balaban J connectivity index is 1.46. The molecule has 4 N–H and O–H groups in total. The summed E-state index contributed by atoms with van der Waals surface area (Å²) < 4.78 is 5.46. The van der Waals surface area contributed by atoms with Crippen LogP contribution >= 0.6 is 0 Å². The van der Waals surface area contributed by atoms with Crippen LogP contribution in [0.15, 0.2) is 59.2 Å². The Morgan fingerprint density at radius 2 is 2.16 bits per heavy atom. The number of aliphatic imine (C=N–C) groups is 1. The molecule has 9 nitrogen and oxygen atoms in total. The van der Waals surface area contributed by atoms with E-state index in [1.165, 1.54) is 0 Å². The summed E-state index contributed by atoms with van der Waals surface area (Å²) >= 11 is 0. The number of nitrogens with zero attached hydrogens (tertiary/aromatic N) is 3. The molecule has 0 bridgehead atoms. The van der Waals surface area contributed by atoms with E-state index in [4.69, 9.17) is 4.74 Å². The molecule has 3 heterocycles. The molecule has 1 aliphatic rings. The minimum Gasteiger partial charge on any atom is -0.391 e. The fourth-order valence-electron chi connectivity index (χ4n) is 3.26. The second-order valence-corrected chi connectivity index (χ2v) is 7.13. The number of carbonyl (C=O) groups is 1. The highest BCUT2D eigenvalue weighted by Gasteiger charge is 2.13. The quantitative estimate of drug-likeness (QED) is 0.518. The summed E-state index contributed by atoms with van der Waals surface area (Å²) in [5.74, 6) is 0.765. The van der Waals surface area contributed by atoms with Gasteiger partial charge in [-0.3, -0.25) is 14.9 Å².